The number of phenolic OH excluding ortho intramolecular Hbond substituents is 1. The van der Waals surface area contributed by atoms with Crippen LogP contribution < -0.4 is 34.3 Å². The Hall–Kier alpha value is -1.56. The van der Waals surface area contributed by atoms with E-state index in [1.54, 1.807) is 0 Å². The predicted octanol–water partition coefficient (Wildman–Crippen LogP) is -0.00410. The quantitative estimate of drug-likeness (QED) is 0.481. The van der Waals surface area contributed by atoms with E-state index in [9.17, 15) is 15.2 Å². The number of nitro benzene ring substituents is 1. The van der Waals surface area contributed by atoms with Gasteiger partial charge in [0.05, 0.1) is 11.0 Å². The summed E-state index contributed by atoms with van der Waals surface area (Å²) in [6, 6.07) is 13.4. The van der Waals surface area contributed by atoms with Crippen molar-refractivity contribution in [1.29, 1.82) is 0 Å². The van der Waals surface area contributed by atoms with Gasteiger partial charge >= 0.3 is 35.2 Å². The first-order valence-corrected chi connectivity index (χ1v) is 5.31. The zero-order chi connectivity index (χ0) is 13.0. The van der Waals surface area contributed by atoms with Crippen molar-refractivity contribution in [3.8, 4) is 11.5 Å². The number of ether oxygens (including phenoxy) is 1. The standard InChI is InChI=1S/C13H11NO4.Na.H/c15-13-7-6-11(8-12(13)14(16)17)18-9-10-4-2-1-3-5-10;;/h1-8,15H,9H2;;/q;+1;-1. The smallest absolute Gasteiger partial charge is 1.00 e. The second-order valence-electron chi connectivity index (χ2n) is 3.68. The van der Waals surface area contributed by atoms with E-state index in [-0.39, 0.29) is 42.4 Å². The van der Waals surface area contributed by atoms with Gasteiger partial charge in [-0.15, -0.1) is 0 Å². The van der Waals surface area contributed by atoms with Crippen LogP contribution in [0, 0.1) is 10.1 Å². The summed E-state index contributed by atoms with van der Waals surface area (Å²) in [4.78, 5) is 9.99. The Morgan fingerprint density at radius 1 is 1.21 bits per heavy atom. The Balaban J connectivity index is 0.00000180. The molecule has 19 heavy (non-hydrogen) atoms. The van der Waals surface area contributed by atoms with Crippen molar-refractivity contribution >= 4 is 5.69 Å². The number of rotatable bonds is 4. The molecule has 1 N–H and O–H groups in total. The SMILES string of the molecule is O=[N+]([O-])c1cc(OCc2ccccc2)ccc1O.[H-].[Na+]. The van der Waals surface area contributed by atoms with Crippen LogP contribution in [0.3, 0.4) is 0 Å². The minimum Gasteiger partial charge on any atom is -1.00 e. The zero-order valence-electron chi connectivity index (χ0n) is 11.4. The minimum absolute atomic E-state index is 0. The van der Waals surface area contributed by atoms with Crippen LogP contribution in [-0.2, 0) is 6.61 Å². The van der Waals surface area contributed by atoms with Gasteiger partial charge < -0.3 is 11.3 Å². The fraction of sp³-hybridized carbons (Fsp3) is 0.0769. The van der Waals surface area contributed by atoms with Crippen LogP contribution in [0.2, 0.25) is 0 Å². The summed E-state index contributed by atoms with van der Waals surface area (Å²) < 4.78 is 5.42. The number of phenols is 1. The second kappa shape index (κ2) is 7.13. The molecule has 0 saturated carbocycles. The molecule has 0 spiro atoms. The Morgan fingerprint density at radius 2 is 1.89 bits per heavy atom. The van der Waals surface area contributed by atoms with Crippen molar-refractivity contribution in [2.75, 3.05) is 0 Å². The van der Waals surface area contributed by atoms with Gasteiger partial charge in [-0.1, -0.05) is 30.3 Å². The summed E-state index contributed by atoms with van der Waals surface area (Å²) in [7, 11) is 0. The summed E-state index contributed by atoms with van der Waals surface area (Å²) >= 11 is 0. The van der Waals surface area contributed by atoms with E-state index in [2.05, 4.69) is 0 Å². The molecular formula is C13H12NNaO4. The molecule has 0 aromatic heterocycles. The van der Waals surface area contributed by atoms with Gasteiger partial charge in [-0.2, -0.15) is 0 Å². The van der Waals surface area contributed by atoms with Gasteiger partial charge in [-0.25, -0.2) is 0 Å². The van der Waals surface area contributed by atoms with E-state index < -0.39 is 4.92 Å². The van der Waals surface area contributed by atoms with Gasteiger partial charge in [0.25, 0.3) is 0 Å². The van der Waals surface area contributed by atoms with E-state index in [0.29, 0.717) is 12.4 Å². The van der Waals surface area contributed by atoms with Crippen molar-refractivity contribution in [3.63, 3.8) is 0 Å². The third-order valence-electron chi connectivity index (χ3n) is 2.39. The molecular weight excluding hydrogens is 257 g/mol. The second-order valence-corrected chi connectivity index (χ2v) is 3.68. The molecule has 2 rings (SSSR count). The summed E-state index contributed by atoms with van der Waals surface area (Å²) in [5.74, 6) is -0.0181. The van der Waals surface area contributed by atoms with Crippen LogP contribution in [0.4, 0.5) is 5.69 Å². The molecule has 0 bridgehead atoms. The molecule has 0 aliphatic heterocycles. The van der Waals surface area contributed by atoms with E-state index in [1.165, 1.54) is 18.2 Å². The van der Waals surface area contributed by atoms with Gasteiger partial charge in [0.2, 0.25) is 0 Å². The average Bonchev–Trinajstić information content (AvgIpc) is 2.38. The van der Waals surface area contributed by atoms with E-state index in [0.717, 1.165) is 5.56 Å². The fourth-order valence-electron chi connectivity index (χ4n) is 1.48. The Labute approximate surface area is 133 Å². The number of hydrogen-bond acceptors (Lipinski definition) is 4. The molecule has 2 aromatic carbocycles. The first-order valence-electron chi connectivity index (χ1n) is 5.31. The molecule has 2 aromatic rings. The summed E-state index contributed by atoms with van der Waals surface area (Å²) in [6.07, 6.45) is 0. The molecule has 0 aliphatic rings. The summed E-state index contributed by atoms with van der Waals surface area (Å²) in [5, 5.41) is 19.9. The number of benzene rings is 2. The van der Waals surface area contributed by atoms with E-state index in [1.807, 2.05) is 30.3 Å². The molecule has 0 unspecified atom stereocenters. The number of nitrogens with zero attached hydrogens (tertiary/aromatic N) is 1. The minimum atomic E-state index is -0.648. The van der Waals surface area contributed by atoms with Crippen molar-refractivity contribution in [2.24, 2.45) is 0 Å². The van der Waals surface area contributed by atoms with Crippen LogP contribution in [0.5, 0.6) is 11.5 Å². The maximum atomic E-state index is 10.6. The van der Waals surface area contributed by atoms with Gasteiger partial charge in [-0.05, 0) is 17.7 Å². The maximum Gasteiger partial charge on any atom is 1.00 e. The zero-order valence-corrected chi connectivity index (χ0v) is 12.4. The molecule has 5 nitrogen and oxygen atoms in total. The van der Waals surface area contributed by atoms with Crippen molar-refractivity contribution in [3.05, 3.63) is 64.2 Å². The normalized spacial score (nSPS) is 9.47. The molecule has 0 radical (unpaired) electrons. The first-order chi connectivity index (χ1) is 8.66. The van der Waals surface area contributed by atoms with Crippen molar-refractivity contribution in [1.82, 2.24) is 0 Å². The molecule has 0 saturated heterocycles. The third kappa shape index (κ3) is 4.24. The Kier molecular flexibility index (Phi) is 5.82. The van der Waals surface area contributed by atoms with Crippen molar-refractivity contribution in [2.45, 2.75) is 6.61 Å². The third-order valence-corrected chi connectivity index (χ3v) is 2.39. The van der Waals surface area contributed by atoms with Gasteiger partial charge in [0.15, 0.2) is 5.75 Å². The van der Waals surface area contributed by atoms with E-state index >= 15 is 0 Å². The maximum absolute atomic E-state index is 10.6. The largest absolute Gasteiger partial charge is 1.00 e. The number of aromatic hydroxyl groups is 1. The molecule has 0 heterocycles. The van der Waals surface area contributed by atoms with Crippen LogP contribution in [0.1, 0.15) is 6.99 Å². The van der Waals surface area contributed by atoms with Crippen LogP contribution >= 0.6 is 0 Å². The van der Waals surface area contributed by atoms with Crippen LogP contribution in [0.15, 0.2) is 48.5 Å². The summed E-state index contributed by atoms with van der Waals surface area (Å²) in [5.41, 5.74) is 0.605. The molecule has 0 aliphatic carbocycles. The molecule has 6 heteroatoms. The van der Waals surface area contributed by atoms with E-state index in [4.69, 9.17) is 4.74 Å². The molecule has 0 amide bonds. The average molecular weight is 269 g/mol. The number of hydrogen-bond donors (Lipinski definition) is 1. The molecule has 0 atom stereocenters. The molecule has 0 fully saturated rings. The first kappa shape index (κ1) is 15.5. The van der Waals surface area contributed by atoms with Crippen molar-refractivity contribution < 1.29 is 45.8 Å². The summed E-state index contributed by atoms with van der Waals surface area (Å²) in [6.45, 7) is 0.322. The molecule has 94 valence electrons. The Bertz CT molecular complexity index is 566. The van der Waals surface area contributed by atoms with Crippen LogP contribution in [-0.4, -0.2) is 10.0 Å². The van der Waals surface area contributed by atoms with Gasteiger partial charge in [0.1, 0.15) is 12.4 Å². The topological polar surface area (TPSA) is 72.6 Å². The fourth-order valence-corrected chi connectivity index (χ4v) is 1.48. The Morgan fingerprint density at radius 3 is 2.53 bits per heavy atom. The number of nitro groups is 1. The van der Waals surface area contributed by atoms with Gasteiger partial charge in [-0.3, -0.25) is 10.1 Å². The van der Waals surface area contributed by atoms with Gasteiger partial charge in [0, 0.05) is 0 Å². The monoisotopic (exact) mass is 269 g/mol. The van der Waals surface area contributed by atoms with Crippen LogP contribution in [0.25, 0.3) is 0 Å². The predicted molar refractivity (Wildman–Crippen MR) is 66.6 cm³/mol.